The lowest BCUT2D eigenvalue weighted by molar-refractivity contribution is -0.137. The lowest BCUT2D eigenvalue weighted by atomic mass is 10.0. The molecule has 0 aliphatic heterocycles. The zero-order valence-corrected chi connectivity index (χ0v) is 9.46. The largest absolute Gasteiger partial charge is 0.481 e. The fourth-order valence-corrected chi connectivity index (χ4v) is 1.66. The van der Waals surface area contributed by atoms with Gasteiger partial charge in [-0.3, -0.25) is 4.79 Å². The first-order valence-corrected chi connectivity index (χ1v) is 5.78. The lowest BCUT2D eigenvalue weighted by Crippen LogP contribution is -2.08. The smallest absolute Gasteiger partial charge is 0.303 e. The van der Waals surface area contributed by atoms with Gasteiger partial charge in [0, 0.05) is 13.0 Å². The molecule has 0 aliphatic carbocycles. The molecule has 84 valence electrons. The fraction of sp³-hybridized carbons (Fsp3) is 0.667. The van der Waals surface area contributed by atoms with Gasteiger partial charge in [0.15, 0.2) is 0 Å². The summed E-state index contributed by atoms with van der Waals surface area (Å²) in [7, 11) is 0. The van der Waals surface area contributed by atoms with E-state index in [2.05, 4.69) is 22.4 Å². The molecule has 1 aromatic heterocycles. The van der Waals surface area contributed by atoms with Crippen LogP contribution >= 0.6 is 11.3 Å². The Bertz CT molecular complexity index is 290. The molecule has 0 bridgehead atoms. The number of nitrogens with one attached hydrogen (secondary N) is 1. The van der Waals surface area contributed by atoms with Crippen LogP contribution in [0.4, 0.5) is 5.13 Å². The minimum Gasteiger partial charge on any atom is -0.481 e. The molecule has 0 amide bonds. The third-order valence-corrected chi connectivity index (χ3v) is 2.77. The third-order valence-electron chi connectivity index (χ3n) is 2.12. The van der Waals surface area contributed by atoms with Crippen LogP contribution in [0.25, 0.3) is 0 Å². The van der Waals surface area contributed by atoms with E-state index in [0.717, 1.165) is 24.5 Å². The molecule has 15 heavy (non-hydrogen) atoms. The number of nitrogens with zero attached hydrogens (tertiary/aromatic N) is 2. The number of hydrogen-bond acceptors (Lipinski definition) is 5. The average molecular weight is 229 g/mol. The zero-order valence-electron chi connectivity index (χ0n) is 8.64. The highest BCUT2D eigenvalue weighted by molar-refractivity contribution is 7.13. The van der Waals surface area contributed by atoms with Gasteiger partial charge in [0.25, 0.3) is 0 Å². The monoisotopic (exact) mass is 229 g/mol. The van der Waals surface area contributed by atoms with Crippen LogP contribution in [0, 0.1) is 5.92 Å². The summed E-state index contributed by atoms with van der Waals surface area (Å²) in [4.78, 5) is 10.3. The Morgan fingerprint density at radius 3 is 3.07 bits per heavy atom. The van der Waals surface area contributed by atoms with Gasteiger partial charge in [-0.25, -0.2) is 0 Å². The van der Waals surface area contributed by atoms with Gasteiger partial charge in [-0.05, 0) is 18.8 Å². The highest BCUT2D eigenvalue weighted by atomic mass is 32.1. The number of carboxylic acids is 1. The molecule has 5 nitrogen and oxygen atoms in total. The number of carboxylic acid groups (broad SMARTS) is 1. The number of carbonyl (C=O) groups is 1. The summed E-state index contributed by atoms with van der Waals surface area (Å²) in [5.74, 6) is -0.305. The van der Waals surface area contributed by atoms with E-state index in [4.69, 9.17) is 5.11 Å². The first kappa shape index (κ1) is 11.9. The highest BCUT2D eigenvalue weighted by Gasteiger charge is 2.05. The number of rotatable bonds is 7. The average Bonchev–Trinajstić information content (AvgIpc) is 2.67. The molecule has 6 heteroatoms. The maximum absolute atomic E-state index is 10.3. The summed E-state index contributed by atoms with van der Waals surface area (Å²) in [5, 5.41) is 20.0. The number of aliphatic carboxylic acids is 1. The molecule has 0 saturated carbocycles. The normalized spacial score (nSPS) is 12.3. The number of aromatic nitrogens is 2. The van der Waals surface area contributed by atoms with Crippen molar-refractivity contribution in [2.45, 2.75) is 26.2 Å². The third kappa shape index (κ3) is 5.31. The minimum absolute atomic E-state index is 0.250. The summed E-state index contributed by atoms with van der Waals surface area (Å²) < 4.78 is 0. The van der Waals surface area contributed by atoms with Crippen LogP contribution in [0.15, 0.2) is 5.51 Å². The second kappa shape index (κ2) is 6.34. The summed E-state index contributed by atoms with van der Waals surface area (Å²) in [6, 6.07) is 0. The van der Waals surface area contributed by atoms with E-state index in [1.54, 1.807) is 5.51 Å². The van der Waals surface area contributed by atoms with E-state index < -0.39 is 5.97 Å². The second-order valence-electron chi connectivity index (χ2n) is 3.50. The minimum atomic E-state index is -0.723. The lowest BCUT2D eigenvalue weighted by Gasteiger charge is -2.09. The van der Waals surface area contributed by atoms with Crippen molar-refractivity contribution in [3.05, 3.63) is 5.51 Å². The van der Waals surface area contributed by atoms with E-state index in [1.165, 1.54) is 11.3 Å². The molecular formula is C9H15N3O2S. The van der Waals surface area contributed by atoms with E-state index in [1.807, 2.05) is 0 Å². The summed E-state index contributed by atoms with van der Waals surface area (Å²) >= 11 is 1.47. The van der Waals surface area contributed by atoms with E-state index in [9.17, 15) is 4.79 Å². The van der Waals surface area contributed by atoms with Crippen molar-refractivity contribution in [2.75, 3.05) is 11.9 Å². The molecule has 2 N–H and O–H groups in total. The topological polar surface area (TPSA) is 75.1 Å². The summed E-state index contributed by atoms with van der Waals surface area (Å²) in [5.41, 5.74) is 1.68. The molecular weight excluding hydrogens is 214 g/mol. The Morgan fingerprint density at radius 1 is 1.67 bits per heavy atom. The van der Waals surface area contributed by atoms with Crippen LogP contribution in [0.3, 0.4) is 0 Å². The van der Waals surface area contributed by atoms with Crippen LogP contribution in [0.5, 0.6) is 0 Å². The highest BCUT2D eigenvalue weighted by Crippen LogP contribution is 2.12. The van der Waals surface area contributed by atoms with Gasteiger partial charge in [0.05, 0.1) is 0 Å². The summed E-state index contributed by atoms with van der Waals surface area (Å²) in [6.45, 7) is 2.88. The van der Waals surface area contributed by atoms with Crippen LogP contribution < -0.4 is 5.32 Å². The first-order valence-electron chi connectivity index (χ1n) is 4.90. The zero-order chi connectivity index (χ0) is 11.1. The van der Waals surface area contributed by atoms with Crippen LogP contribution in [-0.4, -0.2) is 27.8 Å². The maximum atomic E-state index is 10.3. The van der Waals surface area contributed by atoms with Gasteiger partial charge >= 0.3 is 5.97 Å². The molecule has 1 heterocycles. The van der Waals surface area contributed by atoms with Gasteiger partial charge < -0.3 is 10.4 Å². The van der Waals surface area contributed by atoms with Crippen molar-refractivity contribution in [3.63, 3.8) is 0 Å². The standard InChI is InChI=1S/C9H15N3O2S/c1-7(2-3-8(13)14)4-5-10-9-12-11-6-15-9/h6-7H,2-5H2,1H3,(H,10,12)(H,13,14). The second-order valence-corrected chi connectivity index (χ2v) is 4.33. The predicted octanol–water partition coefficient (Wildman–Crippen LogP) is 1.84. The van der Waals surface area contributed by atoms with Gasteiger partial charge in [0.2, 0.25) is 5.13 Å². The molecule has 0 saturated heterocycles. The van der Waals surface area contributed by atoms with Crippen LogP contribution in [0.1, 0.15) is 26.2 Å². The molecule has 0 spiro atoms. The number of hydrogen-bond donors (Lipinski definition) is 2. The van der Waals surface area contributed by atoms with Gasteiger partial charge in [-0.2, -0.15) is 0 Å². The van der Waals surface area contributed by atoms with Crippen molar-refractivity contribution in [2.24, 2.45) is 5.92 Å². The molecule has 1 rings (SSSR count). The quantitative estimate of drug-likeness (QED) is 0.746. The Balaban J connectivity index is 2.06. The molecule has 1 unspecified atom stereocenters. The van der Waals surface area contributed by atoms with Crippen LogP contribution in [-0.2, 0) is 4.79 Å². The Morgan fingerprint density at radius 2 is 2.47 bits per heavy atom. The molecule has 1 aromatic rings. The SMILES string of the molecule is CC(CCNc1nncs1)CCC(=O)O. The van der Waals surface area contributed by atoms with Crippen molar-refractivity contribution >= 4 is 22.4 Å². The van der Waals surface area contributed by atoms with Crippen molar-refractivity contribution < 1.29 is 9.90 Å². The predicted molar refractivity (Wildman–Crippen MR) is 59.0 cm³/mol. The van der Waals surface area contributed by atoms with E-state index in [0.29, 0.717) is 5.92 Å². The van der Waals surface area contributed by atoms with Crippen molar-refractivity contribution in [3.8, 4) is 0 Å². The van der Waals surface area contributed by atoms with Crippen molar-refractivity contribution in [1.29, 1.82) is 0 Å². The Hall–Kier alpha value is -1.17. The van der Waals surface area contributed by atoms with Crippen LogP contribution in [0.2, 0.25) is 0 Å². The molecule has 0 aliphatic rings. The molecule has 0 radical (unpaired) electrons. The molecule has 0 fully saturated rings. The summed E-state index contributed by atoms with van der Waals surface area (Å²) in [6.07, 6.45) is 1.93. The Labute approximate surface area is 92.5 Å². The Kier molecular flexibility index (Phi) is 5.03. The van der Waals surface area contributed by atoms with Gasteiger partial charge in [-0.1, -0.05) is 18.3 Å². The van der Waals surface area contributed by atoms with Crippen molar-refractivity contribution in [1.82, 2.24) is 10.2 Å². The first-order chi connectivity index (χ1) is 7.18. The van der Waals surface area contributed by atoms with Gasteiger partial charge in [0.1, 0.15) is 5.51 Å². The fourth-order valence-electron chi connectivity index (χ4n) is 1.19. The molecule has 1 atom stereocenters. The van der Waals surface area contributed by atoms with Gasteiger partial charge in [-0.15, -0.1) is 10.2 Å². The molecule has 0 aromatic carbocycles. The number of anilines is 1. The van der Waals surface area contributed by atoms with E-state index in [-0.39, 0.29) is 6.42 Å². The van der Waals surface area contributed by atoms with E-state index >= 15 is 0 Å². The maximum Gasteiger partial charge on any atom is 0.303 e.